The Morgan fingerprint density at radius 3 is 2.36 bits per heavy atom. The van der Waals surface area contributed by atoms with E-state index in [1.54, 1.807) is 24.3 Å². The van der Waals surface area contributed by atoms with Crippen molar-refractivity contribution in [3.8, 4) is 17.2 Å². The minimum atomic E-state index is -0.762. The molecule has 0 bridgehead atoms. The number of benzene rings is 3. The fourth-order valence-electron chi connectivity index (χ4n) is 3.31. The SMILES string of the molecule is COc1cc(/C=C2\C=C(c3ccc(Br)cc3)OC2=O)cc(I)c1Oc1ccc([N+](=O)[O-])cc1[N+](=O)[O-]. The molecule has 10 nitrogen and oxygen atoms in total. The maximum absolute atomic E-state index is 12.4. The Bertz CT molecular complexity index is 1470. The minimum Gasteiger partial charge on any atom is -0.493 e. The Balaban J connectivity index is 1.68. The summed E-state index contributed by atoms with van der Waals surface area (Å²) in [4.78, 5) is 33.4. The van der Waals surface area contributed by atoms with Crippen molar-refractivity contribution in [1.29, 1.82) is 0 Å². The predicted molar refractivity (Wildman–Crippen MR) is 142 cm³/mol. The molecule has 0 saturated carbocycles. The van der Waals surface area contributed by atoms with Gasteiger partial charge < -0.3 is 14.2 Å². The van der Waals surface area contributed by atoms with Crippen LogP contribution in [0.2, 0.25) is 0 Å². The smallest absolute Gasteiger partial charge is 0.343 e. The lowest BCUT2D eigenvalue weighted by atomic mass is 10.1. The molecule has 3 aromatic rings. The lowest BCUT2D eigenvalue weighted by Gasteiger charge is -2.13. The summed E-state index contributed by atoms with van der Waals surface area (Å²) >= 11 is 5.34. The van der Waals surface area contributed by atoms with E-state index in [0.717, 1.165) is 28.2 Å². The van der Waals surface area contributed by atoms with Gasteiger partial charge in [-0.1, -0.05) is 28.1 Å². The third kappa shape index (κ3) is 5.39. The number of carbonyl (C=O) groups is 1. The second-order valence-corrected chi connectivity index (χ2v) is 9.38. The van der Waals surface area contributed by atoms with Crippen LogP contribution in [0.25, 0.3) is 11.8 Å². The average molecular weight is 665 g/mol. The number of esters is 1. The van der Waals surface area contributed by atoms with E-state index in [9.17, 15) is 25.0 Å². The molecule has 0 atom stereocenters. The molecule has 182 valence electrons. The van der Waals surface area contributed by atoms with Gasteiger partial charge in [0.05, 0.1) is 32.2 Å². The van der Waals surface area contributed by atoms with Gasteiger partial charge in [0.15, 0.2) is 11.5 Å². The van der Waals surface area contributed by atoms with Crippen LogP contribution in [0.1, 0.15) is 11.1 Å². The zero-order valence-electron chi connectivity index (χ0n) is 18.3. The number of rotatable bonds is 7. The topological polar surface area (TPSA) is 131 Å². The van der Waals surface area contributed by atoms with Crippen molar-refractivity contribution in [3.05, 3.63) is 106 Å². The van der Waals surface area contributed by atoms with Crippen LogP contribution < -0.4 is 9.47 Å². The average Bonchev–Trinajstić information content (AvgIpc) is 3.20. The van der Waals surface area contributed by atoms with Gasteiger partial charge in [0.25, 0.3) is 5.69 Å². The summed E-state index contributed by atoms with van der Waals surface area (Å²) in [6, 6.07) is 13.7. The van der Waals surface area contributed by atoms with Crippen molar-refractivity contribution < 1.29 is 28.9 Å². The normalized spacial score (nSPS) is 13.8. The third-order valence-corrected chi connectivity index (χ3v) is 6.32. The van der Waals surface area contributed by atoms with Crippen molar-refractivity contribution in [1.82, 2.24) is 0 Å². The minimum absolute atomic E-state index is 0.178. The lowest BCUT2D eigenvalue weighted by molar-refractivity contribution is -0.394. The van der Waals surface area contributed by atoms with E-state index in [1.165, 1.54) is 7.11 Å². The highest BCUT2D eigenvalue weighted by Gasteiger charge is 2.25. The van der Waals surface area contributed by atoms with Crippen LogP contribution in [0.5, 0.6) is 17.2 Å². The van der Waals surface area contributed by atoms with Crippen LogP contribution in [0, 0.1) is 23.8 Å². The molecule has 4 rings (SSSR count). The molecule has 0 radical (unpaired) electrons. The lowest BCUT2D eigenvalue weighted by Crippen LogP contribution is -1.99. The molecule has 0 N–H and O–H groups in total. The number of nitro groups is 2. The number of cyclic esters (lactones) is 1. The van der Waals surface area contributed by atoms with Crippen LogP contribution in [0.15, 0.2) is 70.7 Å². The van der Waals surface area contributed by atoms with E-state index in [4.69, 9.17) is 14.2 Å². The molecule has 36 heavy (non-hydrogen) atoms. The fraction of sp³-hybridized carbons (Fsp3) is 0.0417. The number of carbonyl (C=O) groups excluding carboxylic acids is 1. The number of nitro benzene ring substituents is 2. The van der Waals surface area contributed by atoms with Gasteiger partial charge >= 0.3 is 11.7 Å². The third-order valence-electron chi connectivity index (χ3n) is 4.99. The molecule has 0 aromatic heterocycles. The number of halogens is 2. The molecule has 0 spiro atoms. The summed E-state index contributed by atoms with van der Waals surface area (Å²) < 4.78 is 18.0. The van der Waals surface area contributed by atoms with Crippen LogP contribution >= 0.6 is 38.5 Å². The number of ether oxygens (including phenoxy) is 3. The quantitative estimate of drug-likeness (QED) is 0.0902. The number of hydrogen-bond donors (Lipinski definition) is 0. The van der Waals surface area contributed by atoms with Gasteiger partial charge in [0.1, 0.15) is 5.76 Å². The van der Waals surface area contributed by atoms with Crippen molar-refractivity contribution >= 4 is 67.7 Å². The molecule has 3 aromatic carbocycles. The number of methoxy groups -OCH3 is 1. The molecular formula is C24H14BrIN2O8. The molecule has 0 amide bonds. The zero-order chi connectivity index (χ0) is 26.0. The number of nitrogens with zero attached hydrogens (tertiary/aromatic N) is 2. The summed E-state index contributed by atoms with van der Waals surface area (Å²) in [6.07, 6.45) is 3.26. The standard InChI is InChI=1S/C24H14BrIN2O8/c1-34-22-10-13(8-15-11-21(36-24(15)29)14-2-4-16(25)5-3-14)9-18(26)23(22)35-20-7-6-17(27(30)31)12-19(20)28(32)33/h2-12H,1H3/b15-8+. The number of non-ortho nitro benzene ring substituents is 1. The Morgan fingerprint density at radius 1 is 1.00 bits per heavy atom. The second kappa shape index (κ2) is 10.5. The van der Waals surface area contributed by atoms with Crippen molar-refractivity contribution in [3.63, 3.8) is 0 Å². The summed E-state index contributed by atoms with van der Waals surface area (Å²) in [5, 5.41) is 22.5. The Morgan fingerprint density at radius 2 is 1.72 bits per heavy atom. The van der Waals surface area contributed by atoms with Crippen LogP contribution in [-0.2, 0) is 9.53 Å². The Labute approximate surface area is 225 Å². The molecule has 0 saturated heterocycles. The maximum Gasteiger partial charge on any atom is 0.343 e. The van der Waals surface area contributed by atoms with Crippen LogP contribution in [-0.4, -0.2) is 22.9 Å². The summed E-state index contributed by atoms with van der Waals surface area (Å²) in [5.74, 6) is 0.145. The predicted octanol–water partition coefficient (Wildman–Crippen LogP) is 6.65. The van der Waals surface area contributed by atoms with E-state index in [2.05, 4.69) is 15.9 Å². The maximum atomic E-state index is 12.4. The first-order valence-electron chi connectivity index (χ1n) is 10.1. The van der Waals surface area contributed by atoms with Gasteiger partial charge in [-0.2, -0.15) is 0 Å². The first kappa shape index (κ1) is 25.3. The van der Waals surface area contributed by atoms with Crippen molar-refractivity contribution in [2.24, 2.45) is 0 Å². The summed E-state index contributed by atoms with van der Waals surface area (Å²) in [6.45, 7) is 0. The van der Waals surface area contributed by atoms with Crippen molar-refractivity contribution in [2.75, 3.05) is 7.11 Å². The van der Waals surface area contributed by atoms with Gasteiger partial charge in [-0.15, -0.1) is 0 Å². The largest absolute Gasteiger partial charge is 0.493 e. The van der Waals surface area contributed by atoms with Gasteiger partial charge in [-0.05, 0) is 70.6 Å². The molecule has 1 heterocycles. The van der Waals surface area contributed by atoms with Crippen molar-refractivity contribution in [2.45, 2.75) is 0 Å². The fourth-order valence-corrected chi connectivity index (χ4v) is 4.31. The van der Waals surface area contributed by atoms with Crippen LogP contribution in [0.4, 0.5) is 11.4 Å². The Kier molecular flexibility index (Phi) is 7.35. The molecule has 1 aliphatic heterocycles. The zero-order valence-corrected chi connectivity index (χ0v) is 22.0. The van der Waals surface area contributed by atoms with E-state index >= 15 is 0 Å². The monoisotopic (exact) mass is 664 g/mol. The van der Waals surface area contributed by atoms with E-state index < -0.39 is 27.2 Å². The summed E-state index contributed by atoms with van der Waals surface area (Å²) in [5.41, 5.74) is 0.673. The highest BCUT2D eigenvalue weighted by molar-refractivity contribution is 14.1. The van der Waals surface area contributed by atoms with Gasteiger partial charge in [0, 0.05) is 16.1 Å². The van der Waals surface area contributed by atoms with Gasteiger partial charge in [0.2, 0.25) is 5.75 Å². The van der Waals surface area contributed by atoms with Gasteiger partial charge in [-0.3, -0.25) is 20.2 Å². The molecule has 0 aliphatic carbocycles. The highest BCUT2D eigenvalue weighted by atomic mass is 127. The van der Waals surface area contributed by atoms with E-state index in [1.807, 2.05) is 46.9 Å². The number of hydrogen-bond acceptors (Lipinski definition) is 8. The molecular weight excluding hydrogens is 651 g/mol. The van der Waals surface area contributed by atoms with E-state index in [-0.39, 0.29) is 17.2 Å². The highest BCUT2D eigenvalue weighted by Crippen LogP contribution is 2.41. The first-order valence-corrected chi connectivity index (χ1v) is 11.9. The second-order valence-electron chi connectivity index (χ2n) is 7.31. The molecule has 1 aliphatic rings. The van der Waals surface area contributed by atoms with Gasteiger partial charge in [-0.25, -0.2) is 4.79 Å². The molecule has 0 unspecified atom stereocenters. The molecule has 0 fully saturated rings. The Hall–Kier alpha value is -3.78. The first-order chi connectivity index (χ1) is 17.2. The summed E-state index contributed by atoms with van der Waals surface area (Å²) in [7, 11) is 1.40. The van der Waals surface area contributed by atoms with E-state index in [0.29, 0.717) is 20.5 Å². The van der Waals surface area contributed by atoms with Crippen LogP contribution in [0.3, 0.4) is 0 Å². The molecule has 12 heteroatoms.